The summed E-state index contributed by atoms with van der Waals surface area (Å²) in [4.78, 5) is 36.2. The third kappa shape index (κ3) is 8.04. The standard InChI is InChI=1S/C20H23NO5S/c1-15(22)21-12-11-17-9-10-19(27-17)18(23)14-26-20(24)8-5-13-25-16-6-3-2-4-7-16/h2-4,6-7,9-10H,5,8,11-14H2,1H3,(H,21,22). The minimum absolute atomic E-state index is 0.0797. The molecule has 0 spiro atoms. The zero-order valence-corrected chi connectivity index (χ0v) is 16.1. The number of benzene rings is 1. The second-order valence-electron chi connectivity index (χ2n) is 5.85. The molecule has 0 bridgehead atoms. The van der Waals surface area contributed by atoms with Crippen LogP contribution in [0.15, 0.2) is 42.5 Å². The summed E-state index contributed by atoms with van der Waals surface area (Å²) in [5.74, 6) is 0.0408. The lowest BCUT2D eigenvalue weighted by Crippen LogP contribution is -2.22. The smallest absolute Gasteiger partial charge is 0.306 e. The van der Waals surface area contributed by atoms with E-state index in [1.807, 2.05) is 36.4 Å². The van der Waals surface area contributed by atoms with Crippen LogP contribution in [0.2, 0.25) is 0 Å². The van der Waals surface area contributed by atoms with Gasteiger partial charge in [-0.2, -0.15) is 0 Å². The van der Waals surface area contributed by atoms with Gasteiger partial charge in [-0.25, -0.2) is 0 Å². The first-order valence-electron chi connectivity index (χ1n) is 8.74. The van der Waals surface area contributed by atoms with E-state index < -0.39 is 5.97 Å². The zero-order chi connectivity index (χ0) is 19.5. The molecule has 0 aliphatic rings. The van der Waals surface area contributed by atoms with Gasteiger partial charge < -0.3 is 14.8 Å². The first-order valence-corrected chi connectivity index (χ1v) is 9.56. The lowest BCUT2D eigenvalue weighted by molar-refractivity contribution is -0.142. The summed E-state index contributed by atoms with van der Waals surface area (Å²) in [6, 6.07) is 12.9. The van der Waals surface area contributed by atoms with E-state index in [-0.39, 0.29) is 24.7 Å². The molecule has 1 heterocycles. The van der Waals surface area contributed by atoms with E-state index in [9.17, 15) is 14.4 Å². The van der Waals surface area contributed by atoms with Gasteiger partial charge in [-0.3, -0.25) is 14.4 Å². The van der Waals surface area contributed by atoms with Gasteiger partial charge in [0, 0.05) is 24.8 Å². The molecule has 0 unspecified atom stereocenters. The number of hydrogen-bond acceptors (Lipinski definition) is 6. The van der Waals surface area contributed by atoms with Crippen molar-refractivity contribution in [3.8, 4) is 5.75 Å². The molecule has 1 N–H and O–H groups in total. The molecular formula is C20H23NO5S. The van der Waals surface area contributed by atoms with E-state index in [0.717, 1.165) is 10.6 Å². The first-order chi connectivity index (χ1) is 13.0. The van der Waals surface area contributed by atoms with Crippen LogP contribution < -0.4 is 10.1 Å². The van der Waals surface area contributed by atoms with Crippen molar-refractivity contribution in [1.29, 1.82) is 0 Å². The van der Waals surface area contributed by atoms with Gasteiger partial charge in [0.15, 0.2) is 6.61 Å². The molecule has 1 aromatic heterocycles. The quantitative estimate of drug-likeness (QED) is 0.363. The maximum atomic E-state index is 12.1. The van der Waals surface area contributed by atoms with Crippen molar-refractivity contribution in [3.05, 3.63) is 52.2 Å². The van der Waals surface area contributed by atoms with E-state index in [1.54, 1.807) is 6.07 Å². The largest absolute Gasteiger partial charge is 0.494 e. The number of amides is 1. The highest BCUT2D eigenvalue weighted by Gasteiger charge is 2.12. The predicted octanol–water partition coefficient (Wildman–Crippen LogP) is 3.01. The highest BCUT2D eigenvalue weighted by molar-refractivity contribution is 7.14. The topological polar surface area (TPSA) is 81.7 Å². The fourth-order valence-electron chi connectivity index (χ4n) is 2.24. The Hall–Kier alpha value is -2.67. The van der Waals surface area contributed by atoms with Crippen molar-refractivity contribution in [1.82, 2.24) is 5.32 Å². The van der Waals surface area contributed by atoms with Crippen LogP contribution in [-0.2, 0) is 20.7 Å². The monoisotopic (exact) mass is 389 g/mol. The number of carbonyl (C=O) groups excluding carboxylic acids is 3. The fraction of sp³-hybridized carbons (Fsp3) is 0.350. The Morgan fingerprint density at radius 3 is 2.59 bits per heavy atom. The van der Waals surface area contributed by atoms with Crippen molar-refractivity contribution in [3.63, 3.8) is 0 Å². The molecule has 2 aromatic rings. The third-order valence-corrected chi connectivity index (χ3v) is 4.77. The van der Waals surface area contributed by atoms with Gasteiger partial charge in [-0.1, -0.05) is 18.2 Å². The number of ether oxygens (including phenoxy) is 2. The minimum atomic E-state index is -0.414. The van der Waals surface area contributed by atoms with Crippen LogP contribution in [0.25, 0.3) is 0 Å². The summed E-state index contributed by atoms with van der Waals surface area (Å²) in [7, 11) is 0. The molecule has 0 atom stereocenters. The van der Waals surface area contributed by atoms with Crippen LogP contribution in [0.5, 0.6) is 5.75 Å². The summed E-state index contributed by atoms with van der Waals surface area (Å²) in [6.45, 7) is 2.15. The van der Waals surface area contributed by atoms with Gasteiger partial charge in [0.1, 0.15) is 5.75 Å². The van der Waals surface area contributed by atoms with Gasteiger partial charge in [0.25, 0.3) is 0 Å². The molecular weight excluding hydrogens is 366 g/mol. The van der Waals surface area contributed by atoms with Gasteiger partial charge in [-0.05, 0) is 37.1 Å². The molecule has 27 heavy (non-hydrogen) atoms. The van der Waals surface area contributed by atoms with E-state index in [1.165, 1.54) is 18.3 Å². The predicted molar refractivity (Wildman–Crippen MR) is 103 cm³/mol. The molecule has 0 fully saturated rings. The van der Waals surface area contributed by atoms with Crippen LogP contribution in [0, 0.1) is 0 Å². The van der Waals surface area contributed by atoms with Crippen LogP contribution in [0.3, 0.4) is 0 Å². The summed E-state index contributed by atoms with van der Waals surface area (Å²) in [6.07, 6.45) is 1.39. The second kappa shape index (κ2) is 11.1. The maximum Gasteiger partial charge on any atom is 0.306 e. The van der Waals surface area contributed by atoms with Crippen molar-refractivity contribution in [2.45, 2.75) is 26.2 Å². The summed E-state index contributed by atoms with van der Waals surface area (Å²) < 4.78 is 10.5. The molecule has 1 amide bonds. The number of nitrogens with one attached hydrogen (secondary N) is 1. The molecule has 144 valence electrons. The third-order valence-electron chi connectivity index (χ3n) is 3.58. The Morgan fingerprint density at radius 2 is 1.85 bits per heavy atom. The fourth-order valence-corrected chi connectivity index (χ4v) is 3.17. The number of ketones is 1. The van der Waals surface area contributed by atoms with Gasteiger partial charge in [0.2, 0.25) is 11.7 Å². The average molecular weight is 389 g/mol. The van der Waals surface area contributed by atoms with Crippen LogP contribution in [0.4, 0.5) is 0 Å². The van der Waals surface area contributed by atoms with E-state index in [0.29, 0.717) is 30.9 Å². The first kappa shape index (κ1) is 20.6. The molecule has 2 rings (SSSR count). The number of hydrogen-bond donors (Lipinski definition) is 1. The van der Waals surface area contributed by atoms with Crippen molar-refractivity contribution in [2.75, 3.05) is 19.8 Å². The number of esters is 1. The number of carbonyl (C=O) groups is 3. The Morgan fingerprint density at radius 1 is 1.07 bits per heavy atom. The van der Waals surface area contributed by atoms with E-state index in [2.05, 4.69) is 5.32 Å². The second-order valence-corrected chi connectivity index (χ2v) is 7.02. The van der Waals surface area contributed by atoms with Crippen LogP contribution in [0.1, 0.15) is 34.3 Å². The molecule has 0 saturated heterocycles. The molecule has 0 aliphatic carbocycles. The molecule has 1 aromatic carbocycles. The van der Waals surface area contributed by atoms with Gasteiger partial charge >= 0.3 is 5.97 Å². The minimum Gasteiger partial charge on any atom is -0.494 e. The number of rotatable bonds is 11. The number of para-hydroxylation sites is 1. The van der Waals surface area contributed by atoms with Crippen molar-refractivity contribution in [2.24, 2.45) is 0 Å². The lowest BCUT2D eigenvalue weighted by Gasteiger charge is -2.06. The highest BCUT2D eigenvalue weighted by Crippen LogP contribution is 2.17. The van der Waals surface area contributed by atoms with E-state index >= 15 is 0 Å². The molecule has 7 heteroatoms. The Bertz CT molecular complexity index is 757. The molecule has 0 radical (unpaired) electrons. The summed E-state index contributed by atoms with van der Waals surface area (Å²) >= 11 is 1.35. The number of thiophene rings is 1. The molecule has 0 saturated carbocycles. The van der Waals surface area contributed by atoms with Crippen LogP contribution in [-0.4, -0.2) is 37.4 Å². The average Bonchev–Trinajstić information content (AvgIpc) is 3.13. The zero-order valence-electron chi connectivity index (χ0n) is 15.2. The van der Waals surface area contributed by atoms with Crippen LogP contribution >= 0.6 is 11.3 Å². The van der Waals surface area contributed by atoms with Gasteiger partial charge in [-0.15, -0.1) is 11.3 Å². The SMILES string of the molecule is CC(=O)NCCc1ccc(C(=O)COC(=O)CCCOc2ccccc2)s1. The Balaban J connectivity index is 1.62. The molecule has 0 aliphatic heterocycles. The highest BCUT2D eigenvalue weighted by atomic mass is 32.1. The summed E-state index contributed by atoms with van der Waals surface area (Å²) in [5, 5.41) is 2.71. The Kier molecular flexibility index (Phi) is 8.51. The Labute approximate surface area is 162 Å². The van der Waals surface area contributed by atoms with Crippen molar-refractivity contribution < 1.29 is 23.9 Å². The summed E-state index contributed by atoms with van der Waals surface area (Å²) in [5.41, 5.74) is 0. The van der Waals surface area contributed by atoms with Crippen molar-refractivity contribution >= 4 is 29.0 Å². The molecule has 6 nitrogen and oxygen atoms in total. The lowest BCUT2D eigenvalue weighted by atomic mass is 10.3. The van der Waals surface area contributed by atoms with E-state index in [4.69, 9.17) is 9.47 Å². The maximum absolute atomic E-state index is 12.1. The normalized spacial score (nSPS) is 10.3. The van der Waals surface area contributed by atoms with Gasteiger partial charge in [0.05, 0.1) is 11.5 Å². The number of Topliss-reactive ketones (excluding diaryl/α,β-unsaturated/α-hetero) is 1.